The molecule has 0 bridgehead atoms. The summed E-state index contributed by atoms with van der Waals surface area (Å²) in [4.78, 5) is 12.6. The molecule has 0 aromatic carbocycles. The minimum absolute atomic E-state index is 0.138. The van der Waals surface area contributed by atoms with Crippen LogP contribution in [0.1, 0.15) is 15.2 Å². The lowest BCUT2D eigenvalue weighted by molar-refractivity contribution is 0.0997. The Morgan fingerprint density at radius 2 is 2.40 bits per heavy atom. The van der Waals surface area contributed by atoms with Gasteiger partial charge in [-0.2, -0.15) is 5.10 Å². The van der Waals surface area contributed by atoms with Crippen molar-refractivity contribution in [2.45, 2.75) is 6.42 Å². The number of hydrogen-bond acceptors (Lipinski definition) is 3. The molecular formula is C10H9BrN2OS. The molecule has 3 nitrogen and oxygen atoms in total. The van der Waals surface area contributed by atoms with Gasteiger partial charge in [0.2, 0.25) is 0 Å². The van der Waals surface area contributed by atoms with Gasteiger partial charge in [0.15, 0.2) is 5.78 Å². The quantitative estimate of drug-likeness (QED) is 0.813. The maximum Gasteiger partial charge on any atom is 0.177 e. The van der Waals surface area contributed by atoms with Crippen molar-refractivity contribution >= 4 is 33.0 Å². The molecule has 0 saturated heterocycles. The number of Topliss-reactive ketones (excluding diaryl/α,β-unsaturated/α-hetero) is 1. The van der Waals surface area contributed by atoms with Gasteiger partial charge in [0, 0.05) is 19.7 Å². The number of rotatable bonds is 3. The third kappa shape index (κ3) is 2.54. The maximum atomic E-state index is 11.8. The van der Waals surface area contributed by atoms with Crippen LogP contribution in [0.3, 0.4) is 0 Å². The normalized spacial score (nSPS) is 10.5. The van der Waals surface area contributed by atoms with E-state index in [9.17, 15) is 4.79 Å². The van der Waals surface area contributed by atoms with Crippen LogP contribution in [-0.2, 0) is 13.5 Å². The van der Waals surface area contributed by atoms with E-state index in [1.54, 1.807) is 10.9 Å². The number of carbonyl (C=O) groups excluding carboxylic acids is 1. The van der Waals surface area contributed by atoms with E-state index in [1.807, 2.05) is 25.4 Å². The summed E-state index contributed by atoms with van der Waals surface area (Å²) in [6.07, 6.45) is 4.00. The van der Waals surface area contributed by atoms with Crippen LogP contribution in [0, 0.1) is 0 Å². The van der Waals surface area contributed by atoms with Crippen molar-refractivity contribution in [3.05, 3.63) is 38.8 Å². The number of carbonyl (C=O) groups is 1. The van der Waals surface area contributed by atoms with Crippen LogP contribution in [0.2, 0.25) is 0 Å². The van der Waals surface area contributed by atoms with Gasteiger partial charge >= 0.3 is 0 Å². The van der Waals surface area contributed by atoms with E-state index in [-0.39, 0.29) is 5.78 Å². The second-order valence-electron chi connectivity index (χ2n) is 3.23. The molecule has 0 aliphatic heterocycles. The van der Waals surface area contributed by atoms with E-state index in [1.165, 1.54) is 11.3 Å². The molecular weight excluding hydrogens is 276 g/mol. The largest absolute Gasteiger partial charge is 0.293 e. The number of aromatic nitrogens is 2. The lowest BCUT2D eigenvalue weighted by atomic mass is 10.1. The van der Waals surface area contributed by atoms with Gasteiger partial charge in [0.1, 0.15) is 0 Å². The smallest absolute Gasteiger partial charge is 0.177 e. The number of aryl methyl sites for hydroxylation is 1. The van der Waals surface area contributed by atoms with Crippen molar-refractivity contribution in [3.8, 4) is 0 Å². The van der Waals surface area contributed by atoms with Crippen LogP contribution in [0.15, 0.2) is 28.3 Å². The fourth-order valence-electron chi connectivity index (χ4n) is 1.30. The topological polar surface area (TPSA) is 34.9 Å². The highest BCUT2D eigenvalue weighted by Gasteiger charge is 2.10. The average Bonchev–Trinajstić information content (AvgIpc) is 2.75. The van der Waals surface area contributed by atoms with Gasteiger partial charge in [-0.15, -0.1) is 11.3 Å². The molecule has 15 heavy (non-hydrogen) atoms. The monoisotopic (exact) mass is 284 g/mol. The number of thiophene rings is 1. The first-order chi connectivity index (χ1) is 7.15. The zero-order valence-corrected chi connectivity index (χ0v) is 10.5. The molecule has 0 aliphatic carbocycles. The van der Waals surface area contributed by atoms with Crippen molar-refractivity contribution < 1.29 is 4.79 Å². The second-order valence-corrected chi connectivity index (χ2v) is 5.69. The highest BCUT2D eigenvalue weighted by atomic mass is 79.9. The number of halogens is 1. The predicted molar refractivity (Wildman–Crippen MR) is 63.3 cm³/mol. The lowest BCUT2D eigenvalue weighted by Gasteiger charge is -1.93. The molecule has 2 aromatic rings. The molecule has 0 saturated carbocycles. The minimum atomic E-state index is 0.138. The van der Waals surface area contributed by atoms with Crippen LogP contribution in [0.25, 0.3) is 0 Å². The Kier molecular flexibility index (Phi) is 3.02. The maximum absolute atomic E-state index is 11.8. The zero-order chi connectivity index (χ0) is 10.8. The fraction of sp³-hybridized carbons (Fsp3) is 0.200. The Hall–Kier alpha value is -0.940. The van der Waals surface area contributed by atoms with Crippen molar-refractivity contribution in [1.82, 2.24) is 9.78 Å². The summed E-state index contributed by atoms with van der Waals surface area (Å²) in [5.74, 6) is 0.138. The summed E-state index contributed by atoms with van der Waals surface area (Å²) in [6.45, 7) is 0. The number of ketones is 1. The molecule has 0 radical (unpaired) electrons. The summed E-state index contributed by atoms with van der Waals surface area (Å²) in [6, 6.07) is 3.73. The lowest BCUT2D eigenvalue weighted by Crippen LogP contribution is -1.99. The Labute approximate surface area is 99.9 Å². The second kappa shape index (κ2) is 4.28. The summed E-state index contributed by atoms with van der Waals surface area (Å²) >= 11 is 4.80. The highest BCUT2D eigenvalue weighted by Crippen LogP contribution is 2.23. The molecule has 2 aromatic heterocycles. The summed E-state index contributed by atoms with van der Waals surface area (Å²) in [5, 5.41) is 4.03. The van der Waals surface area contributed by atoms with Crippen LogP contribution < -0.4 is 0 Å². The van der Waals surface area contributed by atoms with Crippen molar-refractivity contribution in [3.63, 3.8) is 0 Å². The molecule has 0 unspecified atom stereocenters. The van der Waals surface area contributed by atoms with Gasteiger partial charge in [-0.3, -0.25) is 9.48 Å². The van der Waals surface area contributed by atoms with Gasteiger partial charge in [-0.25, -0.2) is 0 Å². The molecule has 0 fully saturated rings. The van der Waals surface area contributed by atoms with Gasteiger partial charge in [-0.05, 0) is 33.6 Å². The van der Waals surface area contributed by atoms with Crippen LogP contribution in [0.4, 0.5) is 0 Å². The Balaban J connectivity index is 2.10. The van der Waals surface area contributed by atoms with Gasteiger partial charge in [0.05, 0.1) is 14.9 Å². The van der Waals surface area contributed by atoms with Crippen molar-refractivity contribution in [1.29, 1.82) is 0 Å². The van der Waals surface area contributed by atoms with E-state index in [4.69, 9.17) is 0 Å². The molecule has 0 atom stereocenters. The van der Waals surface area contributed by atoms with E-state index >= 15 is 0 Å². The number of nitrogens with zero attached hydrogens (tertiary/aromatic N) is 2. The van der Waals surface area contributed by atoms with Crippen LogP contribution in [0.5, 0.6) is 0 Å². The summed E-state index contributed by atoms with van der Waals surface area (Å²) in [5.41, 5.74) is 0.951. The van der Waals surface area contributed by atoms with E-state index < -0.39 is 0 Å². The Morgan fingerprint density at radius 1 is 1.60 bits per heavy atom. The molecule has 5 heteroatoms. The average molecular weight is 285 g/mol. The summed E-state index contributed by atoms with van der Waals surface area (Å²) in [7, 11) is 1.84. The molecule has 2 heterocycles. The molecule has 0 amide bonds. The number of hydrogen-bond donors (Lipinski definition) is 0. The molecule has 0 N–H and O–H groups in total. The minimum Gasteiger partial charge on any atom is -0.293 e. The van der Waals surface area contributed by atoms with Gasteiger partial charge < -0.3 is 0 Å². The Bertz CT molecular complexity index is 489. The van der Waals surface area contributed by atoms with Crippen LogP contribution >= 0.6 is 27.3 Å². The highest BCUT2D eigenvalue weighted by molar-refractivity contribution is 9.11. The SMILES string of the molecule is Cn1cc(CC(=O)c2ccc(Br)s2)cn1. The van der Waals surface area contributed by atoms with E-state index in [0.717, 1.165) is 14.2 Å². The molecule has 2 rings (SSSR count). The third-order valence-corrected chi connectivity index (χ3v) is 3.64. The molecule has 78 valence electrons. The fourth-order valence-corrected chi connectivity index (χ4v) is 2.62. The predicted octanol–water partition coefficient (Wildman–Crippen LogP) is 2.67. The molecule has 0 spiro atoms. The first-order valence-electron chi connectivity index (χ1n) is 4.41. The van der Waals surface area contributed by atoms with E-state index in [0.29, 0.717) is 6.42 Å². The van der Waals surface area contributed by atoms with Crippen molar-refractivity contribution in [2.24, 2.45) is 7.05 Å². The summed E-state index contributed by atoms with van der Waals surface area (Å²) < 4.78 is 2.68. The van der Waals surface area contributed by atoms with E-state index in [2.05, 4.69) is 21.0 Å². The van der Waals surface area contributed by atoms with Gasteiger partial charge in [-0.1, -0.05) is 0 Å². The van der Waals surface area contributed by atoms with Crippen molar-refractivity contribution in [2.75, 3.05) is 0 Å². The zero-order valence-electron chi connectivity index (χ0n) is 8.11. The molecule has 0 aliphatic rings. The third-order valence-electron chi connectivity index (χ3n) is 1.97. The Morgan fingerprint density at radius 3 is 2.93 bits per heavy atom. The van der Waals surface area contributed by atoms with Gasteiger partial charge in [0.25, 0.3) is 0 Å². The standard InChI is InChI=1S/C10H9BrN2OS/c1-13-6-7(5-12-13)4-8(14)9-2-3-10(11)15-9/h2-3,5-6H,4H2,1H3. The first-order valence-corrected chi connectivity index (χ1v) is 6.02. The van der Waals surface area contributed by atoms with Crippen LogP contribution in [-0.4, -0.2) is 15.6 Å². The first kappa shape index (κ1) is 10.6.